The van der Waals surface area contributed by atoms with Crippen molar-refractivity contribution >= 4 is 6.09 Å². The Morgan fingerprint density at radius 2 is 1.95 bits per heavy atom. The van der Waals surface area contributed by atoms with E-state index in [0.717, 1.165) is 31.8 Å². The zero-order valence-electron chi connectivity index (χ0n) is 13.7. The average Bonchev–Trinajstić information content (AvgIpc) is 3.17. The number of rotatable bonds is 3. The van der Waals surface area contributed by atoms with E-state index in [0.29, 0.717) is 11.8 Å². The molecule has 1 atom stereocenters. The maximum absolute atomic E-state index is 12.1. The Hall–Kier alpha value is -1.65. The number of likely N-dealkylation sites (tertiary alicyclic amines) is 1. The fourth-order valence-corrected chi connectivity index (χ4v) is 2.85. The van der Waals surface area contributed by atoms with Crippen molar-refractivity contribution in [1.82, 2.24) is 14.9 Å². The van der Waals surface area contributed by atoms with Gasteiger partial charge in [-0.05, 0) is 57.4 Å². The van der Waals surface area contributed by atoms with Gasteiger partial charge in [0, 0.05) is 31.9 Å². The zero-order chi connectivity index (χ0) is 15.7. The van der Waals surface area contributed by atoms with Gasteiger partial charge in [0.15, 0.2) is 0 Å². The summed E-state index contributed by atoms with van der Waals surface area (Å²) in [6.07, 6.45) is 8.12. The summed E-state index contributed by atoms with van der Waals surface area (Å²) in [5.41, 5.74) is 0.835. The Balaban J connectivity index is 1.51. The van der Waals surface area contributed by atoms with Crippen LogP contribution in [0.1, 0.15) is 57.3 Å². The minimum absolute atomic E-state index is 0.208. The van der Waals surface area contributed by atoms with Crippen LogP contribution < -0.4 is 0 Å². The van der Waals surface area contributed by atoms with Gasteiger partial charge in [-0.3, -0.25) is 0 Å². The van der Waals surface area contributed by atoms with Crippen LogP contribution in [0, 0.1) is 5.92 Å². The molecule has 5 nitrogen and oxygen atoms in total. The molecule has 1 saturated heterocycles. The molecule has 1 aliphatic carbocycles. The van der Waals surface area contributed by atoms with Crippen molar-refractivity contribution in [3.63, 3.8) is 0 Å². The Morgan fingerprint density at radius 1 is 1.27 bits per heavy atom. The maximum Gasteiger partial charge on any atom is 0.410 e. The number of hydrogen-bond donors (Lipinski definition) is 0. The van der Waals surface area contributed by atoms with Gasteiger partial charge in [-0.15, -0.1) is 0 Å². The van der Waals surface area contributed by atoms with Crippen molar-refractivity contribution in [3.05, 3.63) is 23.8 Å². The maximum atomic E-state index is 12.1. The normalized spacial score (nSPS) is 22.0. The number of carbonyl (C=O) groups excluding carboxylic acids is 1. The van der Waals surface area contributed by atoms with Gasteiger partial charge in [0.25, 0.3) is 0 Å². The molecular formula is C17H25N3O2. The molecule has 0 aromatic carbocycles. The summed E-state index contributed by atoms with van der Waals surface area (Å²) in [4.78, 5) is 22.8. The Kier molecular flexibility index (Phi) is 4.06. The van der Waals surface area contributed by atoms with Crippen molar-refractivity contribution in [2.24, 2.45) is 5.92 Å². The molecule has 0 N–H and O–H groups in total. The van der Waals surface area contributed by atoms with Crippen LogP contribution in [-0.4, -0.2) is 39.7 Å². The van der Waals surface area contributed by atoms with E-state index < -0.39 is 5.60 Å². The average molecular weight is 303 g/mol. The topological polar surface area (TPSA) is 55.3 Å². The second kappa shape index (κ2) is 5.86. The monoisotopic (exact) mass is 303 g/mol. The van der Waals surface area contributed by atoms with Crippen LogP contribution in [0.5, 0.6) is 0 Å². The van der Waals surface area contributed by atoms with E-state index in [2.05, 4.69) is 9.97 Å². The number of hydrogen-bond acceptors (Lipinski definition) is 4. The molecule has 2 aliphatic rings. The van der Waals surface area contributed by atoms with Gasteiger partial charge in [-0.1, -0.05) is 0 Å². The van der Waals surface area contributed by atoms with Gasteiger partial charge in [0.05, 0.1) is 0 Å². The number of ether oxygens (including phenoxy) is 1. The van der Waals surface area contributed by atoms with Crippen LogP contribution in [0.2, 0.25) is 0 Å². The van der Waals surface area contributed by atoms with E-state index in [9.17, 15) is 4.79 Å². The van der Waals surface area contributed by atoms with Gasteiger partial charge in [-0.25, -0.2) is 14.8 Å². The molecule has 1 aliphatic heterocycles. The summed E-state index contributed by atoms with van der Waals surface area (Å²) >= 11 is 0. The molecule has 1 saturated carbocycles. The minimum Gasteiger partial charge on any atom is -0.444 e. The molecule has 1 aromatic heterocycles. The summed E-state index contributed by atoms with van der Waals surface area (Å²) in [7, 11) is 0. The lowest BCUT2D eigenvalue weighted by molar-refractivity contribution is 0.0288. The van der Waals surface area contributed by atoms with E-state index in [-0.39, 0.29) is 6.09 Å². The van der Waals surface area contributed by atoms with E-state index in [4.69, 9.17) is 4.74 Å². The fourth-order valence-electron chi connectivity index (χ4n) is 2.85. The van der Waals surface area contributed by atoms with Gasteiger partial charge in [0.2, 0.25) is 0 Å². The van der Waals surface area contributed by atoms with Crippen molar-refractivity contribution < 1.29 is 9.53 Å². The van der Waals surface area contributed by atoms with E-state index >= 15 is 0 Å². The quantitative estimate of drug-likeness (QED) is 0.860. The largest absolute Gasteiger partial charge is 0.444 e. The molecule has 1 amide bonds. The molecule has 22 heavy (non-hydrogen) atoms. The van der Waals surface area contributed by atoms with E-state index in [1.807, 2.05) is 33.2 Å². The molecule has 0 unspecified atom stereocenters. The number of carbonyl (C=O) groups is 1. The van der Waals surface area contributed by atoms with Gasteiger partial charge in [-0.2, -0.15) is 0 Å². The second-order valence-electron chi connectivity index (χ2n) is 7.49. The van der Waals surface area contributed by atoms with Crippen LogP contribution in [0.4, 0.5) is 4.79 Å². The first kappa shape index (κ1) is 15.3. The number of amides is 1. The Labute approximate surface area is 132 Å². The van der Waals surface area contributed by atoms with Crippen LogP contribution in [0.3, 0.4) is 0 Å². The standard InChI is InChI=1S/C17H25N3O2/c1-17(2,3)22-16(21)20-7-6-12(11-20)8-15-18-9-14(10-19-15)13-4-5-13/h9-10,12-13H,4-8,11H2,1-3H3/t12-/m0/s1. The lowest BCUT2D eigenvalue weighted by atomic mass is 10.0. The molecule has 0 radical (unpaired) electrons. The van der Waals surface area contributed by atoms with Crippen LogP contribution in [0.15, 0.2) is 12.4 Å². The summed E-state index contributed by atoms with van der Waals surface area (Å²) < 4.78 is 5.42. The van der Waals surface area contributed by atoms with Crippen molar-refractivity contribution in [2.45, 2.75) is 58.0 Å². The van der Waals surface area contributed by atoms with Crippen LogP contribution in [-0.2, 0) is 11.2 Å². The number of nitrogens with zero attached hydrogens (tertiary/aromatic N) is 3. The first-order valence-corrected chi connectivity index (χ1v) is 8.19. The molecule has 3 rings (SSSR count). The molecule has 0 bridgehead atoms. The van der Waals surface area contributed by atoms with Gasteiger partial charge >= 0.3 is 6.09 Å². The predicted molar refractivity (Wildman–Crippen MR) is 83.6 cm³/mol. The first-order valence-electron chi connectivity index (χ1n) is 8.19. The summed E-state index contributed by atoms with van der Waals surface area (Å²) in [6, 6.07) is 0. The van der Waals surface area contributed by atoms with Crippen LogP contribution >= 0.6 is 0 Å². The third kappa shape index (κ3) is 3.96. The van der Waals surface area contributed by atoms with Gasteiger partial charge < -0.3 is 9.64 Å². The fraction of sp³-hybridized carbons (Fsp3) is 0.706. The third-order valence-electron chi connectivity index (χ3n) is 4.18. The highest BCUT2D eigenvalue weighted by Gasteiger charge is 2.30. The summed E-state index contributed by atoms with van der Waals surface area (Å²) in [5.74, 6) is 2.02. The lowest BCUT2D eigenvalue weighted by Gasteiger charge is -2.24. The highest BCUT2D eigenvalue weighted by Crippen LogP contribution is 2.39. The second-order valence-corrected chi connectivity index (χ2v) is 7.49. The Morgan fingerprint density at radius 3 is 2.55 bits per heavy atom. The minimum atomic E-state index is -0.434. The number of aromatic nitrogens is 2. The van der Waals surface area contributed by atoms with Crippen molar-refractivity contribution in [2.75, 3.05) is 13.1 Å². The van der Waals surface area contributed by atoms with Crippen molar-refractivity contribution in [3.8, 4) is 0 Å². The SMILES string of the molecule is CC(C)(C)OC(=O)N1CC[C@@H](Cc2ncc(C3CC3)cn2)C1. The molecular weight excluding hydrogens is 278 g/mol. The molecule has 120 valence electrons. The predicted octanol–water partition coefficient (Wildman–Crippen LogP) is 3.15. The van der Waals surface area contributed by atoms with Gasteiger partial charge in [0.1, 0.15) is 11.4 Å². The molecule has 2 fully saturated rings. The zero-order valence-corrected chi connectivity index (χ0v) is 13.7. The molecule has 2 heterocycles. The highest BCUT2D eigenvalue weighted by atomic mass is 16.6. The highest BCUT2D eigenvalue weighted by molar-refractivity contribution is 5.68. The summed E-state index contributed by atoms with van der Waals surface area (Å²) in [5, 5.41) is 0. The lowest BCUT2D eigenvalue weighted by Crippen LogP contribution is -2.35. The third-order valence-corrected chi connectivity index (χ3v) is 4.18. The summed E-state index contributed by atoms with van der Waals surface area (Å²) in [6.45, 7) is 7.19. The van der Waals surface area contributed by atoms with E-state index in [1.54, 1.807) is 4.90 Å². The van der Waals surface area contributed by atoms with E-state index in [1.165, 1.54) is 18.4 Å². The van der Waals surface area contributed by atoms with Crippen LogP contribution in [0.25, 0.3) is 0 Å². The first-order chi connectivity index (χ1) is 10.4. The molecule has 5 heteroatoms. The Bertz CT molecular complexity index is 532. The smallest absolute Gasteiger partial charge is 0.410 e. The molecule has 0 spiro atoms. The van der Waals surface area contributed by atoms with Crippen molar-refractivity contribution in [1.29, 1.82) is 0 Å². The molecule has 1 aromatic rings.